The van der Waals surface area contributed by atoms with Crippen LogP contribution in [0.15, 0.2) is 78.9 Å². The van der Waals surface area contributed by atoms with Crippen LogP contribution in [0.1, 0.15) is 43.2 Å². The van der Waals surface area contributed by atoms with Gasteiger partial charge in [0.25, 0.3) is 11.8 Å². The van der Waals surface area contributed by atoms with Crippen molar-refractivity contribution in [1.82, 2.24) is 9.88 Å². The fourth-order valence-electron chi connectivity index (χ4n) is 4.89. The highest BCUT2D eigenvalue weighted by molar-refractivity contribution is 6.07. The topological polar surface area (TPSA) is 54.3 Å². The summed E-state index contributed by atoms with van der Waals surface area (Å²) >= 11 is 0. The van der Waals surface area contributed by atoms with Crippen molar-refractivity contribution in [3.8, 4) is 11.1 Å². The Morgan fingerprint density at radius 3 is 2.32 bits per heavy atom. The van der Waals surface area contributed by atoms with Gasteiger partial charge in [-0.25, -0.2) is 0 Å². The molecule has 1 aromatic heterocycles. The Morgan fingerprint density at radius 2 is 1.59 bits per heavy atom. The summed E-state index contributed by atoms with van der Waals surface area (Å²) in [5.74, 6) is -0.490. The van der Waals surface area contributed by atoms with E-state index in [9.17, 15) is 22.8 Å². The third-order valence-corrected chi connectivity index (χ3v) is 6.70. The number of halogens is 3. The predicted molar refractivity (Wildman–Crippen MR) is 135 cm³/mol. The number of aromatic nitrogens is 1. The van der Waals surface area contributed by atoms with Crippen molar-refractivity contribution in [3.63, 3.8) is 0 Å². The number of nitrogens with one attached hydrogen (secondary N) is 1. The molecule has 0 spiro atoms. The largest absolute Gasteiger partial charge is 0.417 e. The smallest absolute Gasteiger partial charge is 0.354 e. The number of rotatable bonds is 3. The number of amides is 2. The van der Waals surface area contributed by atoms with E-state index in [0.717, 1.165) is 23.0 Å². The molecule has 1 N–H and O–H groups in total. The van der Waals surface area contributed by atoms with Crippen molar-refractivity contribution in [2.24, 2.45) is 0 Å². The molecule has 1 aliphatic heterocycles. The quantitative estimate of drug-likeness (QED) is 0.370. The Morgan fingerprint density at radius 1 is 0.865 bits per heavy atom. The maximum atomic E-state index is 13.8. The van der Waals surface area contributed by atoms with Crippen LogP contribution in [-0.2, 0) is 19.3 Å². The number of benzene rings is 3. The van der Waals surface area contributed by atoms with E-state index < -0.39 is 11.7 Å². The lowest BCUT2D eigenvalue weighted by Gasteiger charge is -2.23. The third-order valence-electron chi connectivity index (χ3n) is 6.70. The Kier molecular flexibility index (Phi) is 6.11. The van der Waals surface area contributed by atoms with Gasteiger partial charge in [-0.3, -0.25) is 9.59 Å². The van der Waals surface area contributed by atoms with Gasteiger partial charge in [-0.1, -0.05) is 42.5 Å². The molecule has 188 valence electrons. The molecule has 0 radical (unpaired) electrons. The molecule has 37 heavy (non-hydrogen) atoms. The van der Waals surface area contributed by atoms with E-state index in [0.29, 0.717) is 28.9 Å². The Bertz CT molecular complexity index is 1520. The van der Waals surface area contributed by atoms with Crippen LogP contribution >= 0.6 is 0 Å². The summed E-state index contributed by atoms with van der Waals surface area (Å²) in [6.45, 7) is 2.37. The first-order valence-electron chi connectivity index (χ1n) is 11.8. The average Bonchev–Trinajstić information content (AvgIpc) is 3.20. The minimum atomic E-state index is -4.49. The van der Waals surface area contributed by atoms with E-state index in [1.54, 1.807) is 49.2 Å². The summed E-state index contributed by atoms with van der Waals surface area (Å²) in [6, 6.07) is 21.3. The summed E-state index contributed by atoms with van der Waals surface area (Å²) in [6.07, 6.45) is -4.49. The molecular formula is C29H24F3N3O2. The fourth-order valence-corrected chi connectivity index (χ4v) is 4.89. The maximum Gasteiger partial charge on any atom is 0.417 e. The monoisotopic (exact) mass is 503 g/mol. The van der Waals surface area contributed by atoms with Gasteiger partial charge in [0.05, 0.1) is 18.7 Å². The number of hydrogen-bond acceptors (Lipinski definition) is 2. The zero-order valence-corrected chi connectivity index (χ0v) is 20.3. The SMILES string of the molecule is CNC(=O)c1ccc2n1Cc1ccccc1N(C(=O)c1ccc(-c3ccccc3C(F)(F)F)c(C)c1)C2. The molecule has 2 heterocycles. The van der Waals surface area contributed by atoms with Gasteiger partial charge in [0.15, 0.2) is 0 Å². The van der Waals surface area contributed by atoms with Crippen molar-refractivity contribution in [1.29, 1.82) is 0 Å². The van der Waals surface area contributed by atoms with Gasteiger partial charge in [-0.05, 0) is 65.6 Å². The fraction of sp³-hybridized carbons (Fsp3) is 0.172. The van der Waals surface area contributed by atoms with Crippen molar-refractivity contribution >= 4 is 17.5 Å². The van der Waals surface area contributed by atoms with Crippen molar-refractivity contribution < 1.29 is 22.8 Å². The summed E-state index contributed by atoms with van der Waals surface area (Å²) in [7, 11) is 1.57. The highest BCUT2D eigenvalue weighted by Gasteiger charge is 2.34. The Labute approximate surface area is 212 Å². The minimum absolute atomic E-state index is 0.0752. The van der Waals surface area contributed by atoms with Gasteiger partial charge in [0.2, 0.25) is 0 Å². The third kappa shape index (κ3) is 4.39. The summed E-state index contributed by atoms with van der Waals surface area (Å²) < 4.78 is 42.7. The number of anilines is 1. The first-order valence-corrected chi connectivity index (χ1v) is 11.8. The van der Waals surface area contributed by atoms with E-state index in [-0.39, 0.29) is 23.9 Å². The van der Waals surface area contributed by atoms with Crippen LogP contribution in [0.2, 0.25) is 0 Å². The first kappa shape index (κ1) is 24.4. The van der Waals surface area contributed by atoms with Gasteiger partial charge in [-0.2, -0.15) is 13.2 Å². The molecule has 5 nitrogen and oxygen atoms in total. The summed E-state index contributed by atoms with van der Waals surface area (Å²) in [5, 5.41) is 2.65. The number of nitrogens with zero attached hydrogens (tertiary/aromatic N) is 2. The molecule has 0 fully saturated rings. The molecule has 5 rings (SSSR count). The molecule has 0 atom stereocenters. The number of fused-ring (bicyclic) bond motifs is 2. The zero-order valence-electron chi connectivity index (χ0n) is 20.3. The molecular weight excluding hydrogens is 479 g/mol. The van der Waals surface area contributed by atoms with E-state index in [1.165, 1.54) is 12.1 Å². The first-order chi connectivity index (χ1) is 17.7. The minimum Gasteiger partial charge on any atom is -0.354 e. The van der Waals surface area contributed by atoms with Crippen molar-refractivity contribution in [2.45, 2.75) is 26.2 Å². The molecule has 0 unspecified atom stereocenters. The summed E-state index contributed by atoms with van der Waals surface area (Å²) in [5.41, 5.74) is 3.62. The van der Waals surface area contributed by atoms with Gasteiger partial charge >= 0.3 is 6.18 Å². The van der Waals surface area contributed by atoms with Gasteiger partial charge in [-0.15, -0.1) is 0 Å². The van der Waals surface area contributed by atoms with E-state index in [1.807, 2.05) is 34.9 Å². The number of aryl methyl sites for hydroxylation is 1. The van der Waals surface area contributed by atoms with Gasteiger partial charge < -0.3 is 14.8 Å². The van der Waals surface area contributed by atoms with Crippen molar-refractivity contribution in [3.05, 3.63) is 113 Å². The molecule has 3 aromatic carbocycles. The molecule has 8 heteroatoms. The molecule has 0 saturated carbocycles. The van der Waals surface area contributed by atoms with Crippen LogP contribution in [0.4, 0.5) is 18.9 Å². The highest BCUT2D eigenvalue weighted by Crippen LogP contribution is 2.38. The second-order valence-electron chi connectivity index (χ2n) is 8.97. The average molecular weight is 504 g/mol. The number of carbonyl (C=O) groups excluding carboxylic acids is 2. The molecule has 2 amide bonds. The van der Waals surface area contributed by atoms with Crippen LogP contribution < -0.4 is 10.2 Å². The molecule has 0 bridgehead atoms. The highest BCUT2D eigenvalue weighted by atomic mass is 19.4. The molecule has 0 aliphatic carbocycles. The van der Waals surface area contributed by atoms with Gasteiger partial charge in [0.1, 0.15) is 5.69 Å². The Balaban J connectivity index is 1.54. The number of hydrogen-bond donors (Lipinski definition) is 1. The van der Waals surface area contributed by atoms with Crippen LogP contribution in [0.25, 0.3) is 11.1 Å². The number of para-hydroxylation sites is 1. The van der Waals surface area contributed by atoms with Gasteiger partial charge in [0, 0.05) is 24.0 Å². The second-order valence-corrected chi connectivity index (χ2v) is 8.97. The lowest BCUT2D eigenvalue weighted by molar-refractivity contribution is -0.137. The molecule has 1 aliphatic rings. The standard InChI is InChI=1S/C29H24F3N3O2/c1-18-15-19(11-13-22(18)23-8-4-5-9-24(23)29(30,31)32)28(37)35-17-21-12-14-26(27(36)33-2)34(21)16-20-7-3-6-10-25(20)35/h3-15H,16-17H2,1-2H3,(H,33,36). The normalized spacial score (nSPS) is 12.9. The number of alkyl halides is 3. The van der Waals surface area contributed by atoms with Crippen LogP contribution in [0, 0.1) is 6.92 Å². The van der Waals surface area contributed by atoms with E-state index in [2.05, 4.69) is 5.32 Å². The lowest BCUT2D eigenvalue weighted by atomic mass is 9.94. The zero-order chi connectivity index (χ0) is 26.3. The maximum absolute atomic E-state index is 13.8. The lowest BCUT2D eigenvalue weighted by Crippen LogP contribution is -2.30. The van der Waals surface area contributed by atoms with Crippen LogP contribution in [0.3, 0.4) is 0 Å². The van der Waals surface area contributed by atoms with Crippen molar-refractivity contribution in [2.75, 3.05) is 11.9 Å². The van der Waals surface area contributed by atoms with Crippen LogP contribution in [-0.4, -0.2) is 23.4 Å². The molecule has 0 saturated heterocycles. The summed E-state index contributed by atoms with van der Waals surface area (Å²) in [4.78, 5) is 27.9. The Hall–Kier alpha value is -4.33. The predicted octanol–water partition coefficient (Wildman–Crippen LogP) is 6.05. The number of carbonyl (C=O) groups is 2. The van der Waals surface area contributed by atoms with E-state index >= 15 is 0 Å². The van der Waals surface area contributed by atoms with Crippen LogP contribution in [0.5, 0.6) is 0 Å². The second kappa shape index (κ2) is 9.28. The molecule has 4 aromatic rings. The van der Waals surface area contributed by atoms with E-state index in [4.69, 9.17) is 0 Å².